The van der Waals surface area contributed by atoms with Gasteiger partial charge in [0.15, 0.2) is 0 Å². The van der Waals surface area contributed by atoms with E-state index in [1.807, 2.05) is 0 Å². The highest BCUT2D eigenvalue weighted by atomic mass is 17.1. The summed E-state index contributed by atoms with van der Waals surface area (Å²) in [4.78, 5) is 4.17. The lowest BCUT2D eigenvalue weighted by Gasteiger charge is -2.18. The van der Waals surface area contributed by atoms with Gasteiger partial charge in [0.1, 0.15) is 0 Å². The van der Waals surface area contributed by atoms with Crippen LogP contribution in [0.4, 0.5) is 0 Å². The zero-order valence-corrected chi connectivity index (χ0v) is 8.36. The van der Waals surface area contributed by atoms with Gasteiger partial charge < -0.3 is 0 Å². The lowest BCUT2D eigenvalue weighted by atomic mass is 9.96. The summed E-state index contributed by atoms with van der Waals surface area (Å²) in [5.41, 5.74) is -0.891. The summed E-state index contributed by atoms with van der Waals surface area (Å²) >= 11 is 0. The van der Waals surface area contributed by atoms with Crippen molar-refractivity contribution < 1.29 is 10.1 Å². The lowest BCUT2D eigenvalue weighted by Crippen LogP contribution is -2.20. The SMILES string of the molecule is CC(C)(N=NC1CCCCC1)OO. The molecular formula is C9H18N2O2. The second-order valence-corrected chi connectivity index (χ2v) is 4.05. The third kappa shape index (κ3) is 3.83. The minimum atomic E-state index is -0.891. The molecule has 76 valence electrons. The molecule has 0 atom stereocenters. The van der Waals surface area contributed by atoms with Gasteiger partial charge in [-0.1, -0.05) is 19.3 Å². The second-order valence-electron chi connectivity index (χ2n) is 4.05. The van der Waals surface area contributed by atoms with Crippen molar-refractivity contribution in [2.24, 2.45) is 10.2 Å². The Morgan fingerprint density at radius 1 is 1.23 bits per heavy atom. The summed E-state index contributed by atoms with van der Waals surface area (Å²) < 4.78 is 0. The molecule has 0 bridgehead atoms. The van der Waals surface area contributed by atoms with Crippen LogP contribution in [0.15, 0.2) is 10.2 Å². The molecule has 0 saturated heterocycles. The Morgan fingerprint density at radius 2 is 1.85 bits per heavy atom. The average Bonchev–Trinajstić information content (AvgIpc) is 2.17. The van der Waals surface area contributed by atoms with Gasteiger partial charge in [0.05, 0.1) is 6.04 Å². The van der Waals surface area contributed by atoms with Crippen LogP contribution in [0.1, 0.15) is 46.0 Å². The summed E-state index contributed by atoms with van der Waals surface area (Å²) in [6.07, 6.45) is 6.02. The Morgan fingerprint density at radius 3 is 2.38 bits per heavy atom. The van der Waals surface area contributed by atoms with Crippen LogP contribution in [0.25, 0.3) is 0 Å². The maximum absolute atomic E-state index is 8.47. The quantitative estimate of drug-likeness (QED) is 0.418. The number of nitrogens with zero attached hydrogens (tertiary/aromatic N) is 2. The van der Waals surface area contributed by atoms with E-state index >= 15 is 0 Å². The van der Waals surface area contributed by atoms with Gasteiger partial charge >= 0.3 is 0 Å². The van der Waals surface area contributed by atoms with Gasteiger partial charge in [0.2, 0.25) is 5.72 Å². The molecule has 13 heavy (non-hydrogen) atoms. The smallest absolute Gasteiger partial charge is 0.206 e. The van der Waals surface area contributed by atoms with Crippen molar-refractivity contribution in [2.75, 3.05) is 0 Å². The van der Waals surface area contributed by atoms with E-state index in [4.69, 9.17) is 5.26 Å². The minimum Gasteiger partial charge on any atom is -0.249 e. The molecular weight excluding hydrogens is 168 g/mol. The molecule has 0 aliphatic heterocycles. The lowest BCUT2D eigenvalue weighted by molar-refractivity contribution is -0.311. The molecule has 0 aromatic heterocycles. The summed E-state index contributed by atoms with van der Waals surface area (Å²) in [5, 5.41) is 16.6. The molecule has 1 rings (SSSR count). The normalized spacial score (nSPS) is 21.2. The third-order valence-electron chi connectivity index (χ3n) is 2.26. The van der Waals surface area contributed by atoms with E-state index in [9.17, 15) is 0 Å². The van der Waals surface area contributed by atoms with E-state index in [0.29, 0.717) is 6.04 Å². The summed E-state index contributed by atoms with van der Waals surface area (Å²) in [5.74, 6) is 0. The zero-order chi connectivity index (χ0) is 9.73. The predicted molar refractivity (Wildman–Crippen MR) is 49.5 cm³/mol. The third-order valence-corrected chi connectivity index (χ3v) is 2.26. The van der Waals surface area contributed by atoms with Crippen molar-refractivity contribution in [3.05, 3.63) is 0 Å². The van der Waals surface area contributed by atoms with E-state index in [1.165, 1.54) is 19.3 Å². The molecule has 1 fully saturated rings. The highest BCUT2D eigenvalue weighted by Gasteiger charge is 2.18. The van der Waals surface area contributed by atoms with Gasteiger partial charge in [0.25, 0.3) is 0 Å². The maximum atomic E-state index is 8.47. The molecule has 0 unspecified atom stereocenters. The maximum Gasteiger partial charge on any atom is 0.206 e. The van der Waals surface area contributed by atoms with E-state index in [0.717, 1.165) is 12.8 Å². The van der Waals surface area contributed by atoms with Crippen LogP contribution >= 0.6 is 0 Å². The molecule has 0 spiro atoms. The molecule has 4 heteroatoms. The first-order valence-corrected chi connectivity index (χ1v) is 4.89. The van der Waals surface area contributed by atoms with Crippen LogP contribution in [0, 0.1) is 0 Å². The monoisotopic (exact) mass is 186 g/mol. The van der Waals surface area contributed by atoms with Crippen molar-refractivity contribution in [1.82, 2.24) is 0 Å². The first-order valence-electron chi connectivity index (χ1n) is 4.89. The van der Waals surface area contributed by atoms with E-state index in [1.54, 1.807) is 13.8 Å². The first-order chi connectivity index (χ1) is 6.14. The molecule has 1 aliphatic rings. The van der Waals surface area contributed by atoms with E-state index in [-0.39, 0.29) is 0 Å². The second kappa shape index (κ2) is 4.67. The average molecular weight is 186 g/mol. The number of hydrogen-bond acceptors (Lipinski definition) is 4. The van der Waals surface area contributed by atoms with Gasteiger partial charge in [-0.25, -0.2) is 10.1 Å². The molecule has 0 radical (unpaired) electrons. The van der Waals surface area contributed by atoms with Crippen LogP contribution in [-0.4, -0.2) is 17.0 Å². The molecule has 1 saturated carbocycles. The van der Waals surface area contributed by atoms with E-state index in [2.05, 4.69) is 15.1 Å². The zero-order valence-electron chi connectivity index (χ0n) is 8.36. The summed E-state index contributed by atoms with van der Waals surface area (Å²) in [7, 11) is 0. The van der Waals surface area contributed by atoms with Crippen LogP contribution in [0.2, 0.25) is 0 Å². The number of azo groups is 1. The molecule has 0 aromatic rings. The van der Waals surface area contributed by atoms with Crippen molar-refractivity contribution in [1.29, 1.82) is 0 Å². The van der Waals surface area contributed by atoms with Gasteiger partial charge in [-0.2, -0.15) is 10.2 Å². The van der Waals surface area contributed by atoms with Crippen molar-refractivity contribution in [3.8, 4) is 0 Å². The van der Waals surface area contributed by atoms with Crippen LogP contribution in [0.3, 0.4) is 0 Å². The summed E-state index contributed by atoms with van der Waals surface area (Å²) in [6.45, 7) is 3.36. The summed E-state index contributed by atoms with van der Waals surface area (Å²) in [6, 6.07) is 0.336. The number of rotatable bonds is 3. The highest BCUT2D eigenvalue weighted by Crippen LogP contribution is 2.22. The molecule has 0 heterocycles. The number of hydrogen-bond donors (Lipinski definition) is 1. The Bertz CT molecular complexity index is 174. The van der Waals surface area contributed by atoms with E-state index < -0.39 is 5.72 Å². The fraction of sp³-hybridized carbons (Fsp3) is 1.00. The molecule has 0 aromatic carbocycles. The Balaban J connectivity index is 2.37. The first kappa shape index (κ1) is 10.6. The topological polar surface area (TPSA) is 54.2 Å². The van der Waals surface area contributed by atoms with Gasteiger partial charge in [-0.05, 0) is 26.7 Å². The van der Waals surface area contributed by atoms with Gasteiger partial charge in [-0.15, -0.1) is 0 Å². The van der Waals surface area contributed by atoms with Gasteiger partial charge in [0, 0.05) is 0 Å². The predicted octanol–water partition coefficient (Wildman–Crippen LogP) is 3.00. The fourth-order valence-corrected chi connectivity index (χ4v) is 1.44. The Kier molecular flexibility index (Phi) is 3.81. The minimum absolute atomic E-state index is 0.336. The molecule has 1 aliphatic carbocycles. The largest absolute Gasteiger partial charge is 0.249 e. The van der Waals surface area contributed by atoms with Crippen LogP contribution in [0.5, 0.6) is 0 Å². The highest BCUT2D eigenvalue weighted by molar-refractivity contribution is 4.71. The van der Waals surface area contributed by atoms with Crippen LogP contribution < -0.4 is 0 Å². The van der Waals surface area contributed by atoms with Crippen LogP contribution in [-0.2, 0) is 4.89 Å². The molecule has 1 N–H and O–H groups in total. The molecule has 0 amide bonds. The Hall–Kier alpha value is -0.480. The molecule has 4 nitrogen and oxygen atoms in total. The van der Waals surface area contributed by atoms with Crippen molar-refractivity contribution in [3.63, 3.8) is 0 Å². The standard InChI is InChI=1S/C9H18N2O2/c1-9(2,13-12)11-10-8-6-4-3-5-7-8/h8,12H,3-7H2,1-2H3. The van der Waals surface area contributed by atoms with Crippen molar-refractivity contribution >= 4 is 0 Å². The fourth-order valence-electron chi connectivity index (χ4n) is 1.44. The Labute approximate surface area is 78.9 Å². The van der Waals surface area contributed by atoms with Gasteiger partial charge in [-0.3, -0.25) is 0 Å². The van der Waals surface area contributed by atoms with Crippen molar-refractivity contribution in [2.45, 2.75) is 57.7 Å².